The summed E-state index contributed by atoms with van der Waals surface area (Å²) in [5, 5.41) is 0. The lowest BCUT2D eigenvalue weighted by Crippen LogP contribution is -1.96. The minimum atomic E-state index is 0.712. The molecular weight excluding hydrogens is 206 g/mol. The van der Waals surface area contributed by atoms with Gasteiger partial charge in [-0.2, -0.15) is 0 Å². The van der Waals surface area contributed by atoms with Gasteiger partial charge in [0, 0.05) is 10.6 Å². The first-order valence-electron chi connectivity index (χ1n) is 5.32. The predicted molar refractivity (Wildman–Crippen MR) is 65.0 cm³/mol. The molecule has 0 unspecified atom stereocenters. The number of ether oxygens (including phenoxy) is 1. The number of aryl methyl sites for hydroxylation is 1. The molecular formula is C12H17NOS. The molecule has 1 aliphatic rings. The molecule has 0 bridgehead atoms. The average Bonchev–Trinajstić information content (AvgIpc) is 2.99. The van der Waals surface area contributed by atoms with Crippen molar-refractivity contribution in [2.24, 2.45) is 5.92 Å². The summed E-state index contributed by atoms with van der Waals surface area (Å²) in [6.07, 6.45) is 2.69. The quantitative estimate of drug-likeness (QED) is 0.360. The highest BCUT2D eigenvalue weighted by atomic mass is 32.2. The van der Waals surface area contributed by atoms with Gasteiger partial charge in [0.25, 0.3) is 0 Å². The molecule has 0 aliphatic heterocycles. The summed E-state index contributed by atoms with van der Waals surface area (Å²) in [6, 6.07) is 6.15. The second-order valence-electron chi connectivity index (χ2n) is 4.12. The van der Waals surface area contributed by atoms with Gasteiger partial charge in [-0.15, -0.1) is 0 Å². The Morgan fingerprint density at radius 3 is 2.93 bits per heavy atom. The summed E-state index contributed by atoms with van der Waals surface area (Å²) in [5.41, 5.74) is 7.96. The topological polar surface area (TPSA) is 35.2 Å². The molecule has 0 spiro atoms. The van der Waals surface area contributed by atoms with Crippen molar-refractivity contribution in [2.75, 3.05) is 18.3 Å². The molecule has 0 aromatic heterocycles. The van der Waals surface area contributed by atoms with Crippen LogP contribution in [0.4, 0.5) is 5.69 Å². The van der Waals surface area contributed by atoms with Crippen LogP contribution in [0.5, 0.6) is 0 Å². The summed E-state index contributed by atoms with van der Waals surface area (Å²) in [7, 11) is 0. The van der Waals surface area contributed by atoms with Crippen molar-refractivity contribution in [3.05, 3.63) is 23.8 Å². The molecule has 82 valence electrons. The SMILES string of the molecule is Cc1ccc(SCOCC2CC2)c(N)c1. The third-order valence-corrected chi connectivity index (χ3v) is 3.48. The number of anilines is 1. The lowest BCUT2D eigenvalue weighted by Gasteiger charge is -2.06. The first-order chi connectivity index (χ1) is 7.25. The maximum Gasteiger partial charge on any atom is 0.0967 e. The van der Waals surface area contributed by atoms with Gasteiger partial charge in [-0.05, 0) is 43.4 Å². The van der Waals surface area contributed by atoms with Crippen LogP contribution in [0.15, 0.2) is 23.1 Å². The number of hydrogen-bond acceptors (Lipinski definition) is 3. The fourth-order valence-corrected chi connectivity index (χ4v) is 2.10. The van der Waals surface area contributed by atoms with Crippen LogP contribution in [0.2, 0.25) is 0 Å². The molecule has 2 nitrogen and oxygen atoms in total. The zero-order chi connectivity index (χ0) is 10.7. The van der Waals surface area contributed by atoms with Crippen LogP contribution in [0, 0.1) is 12.8 Å². The van der Waals surface area contributed by atoms with E-state index in [0.29, 0.717) is 5.94 Å². The molecule has 0 radical (unpaired) electrons. The minimum absolute atomic E-state index is 0.712. The largest absolute Gasteiger partial charge is 0.398 e. The van der Waals surface area contributed by atoms with E-state index in [2.05, 4.69) is 19.1 Å². The Balaban J connectivity index is 1.76. The van der Waals surface area contributed by atoms with Crippen LogP contribution in [0.25, 0.3) is 0 Å². The van der Waals surface area contributed by atoms with Crippen LogP contribution in [0.3, 0.4) is 0 Å². The molecule has 1 aliphatic carbocycles. The lowest BCUT2D eigenvalue weighted by atomic mass is 10.2. The minimum Gasteiger partial charge on any atom is -0.398 e. The maximum absolute atomic E-state index is 5.90. The summed E-state index contributed by atoms with van der Waals surface area (Å²) < 4.78 is 5.55. The Morgan fingerprint density at radius 1 is 1.47 bits per heavy atom. The van der Waals surface area contributed by atoms with E-state index in [9.17, 15) is 0 Å². The first-order valence-corrected chi connectivity index (χ1v) is 6.31. The third kappa shape index (κ3) is 3.43. The van der Waals surface area contributed by atoms with Crippen LogP contribution in [-0.2, 0) is 4.74 Å². The van der Waals surface area contributed by atoms with E-state index in [1.807, 2.05) is 6.07 Å². The predicted octanol–water partition coefficient (Wildman–Crippen LogP) is 3.05. The van der Waals surface area contributed by atoms with Crippen molar-refractivity contribution >= 4 is 17.4 Å². The smallest absolute Gasteiger partial charge is 0.0967 e. The van der Waals surface area contributed by atoms with Crippen molar-refractivity contribution in [2.45, 2.75) is 24.7 Å². The van der Waals surface area contributed by atoms with Crippen molar-refractivity contribution in [1.29, 1.82) is 0 Å². The second-order valence-corrected chi connectivity index (χ2v) is 5.08. The van der Waals surface area contributed by atoms with Crippen LogP contribution >= 0.6 is 11.8 Å². The maximum atomic E-state index is 5.90. The van der Waals surface area contributed by atoms with Crippen molar-refractivity contribution < 1.29 is 4.74 Å². The van der Waals surface area contributed by atoms with E-state index < -0.39 is 0 Å². The normalized spacial score (nSPS) is 15.5. The van der Waals surface area contributed by atoms with Gasteiger partial charge in [0.05, 0.1) is 12.5 Å². The number of nitrogens with two attached hydrogens (primary N) is 1. The van der Waals surface area contributed by atoms with Crippen molar-refractivity contribution in [1.82, 2.24) is 0 Å². The number of rotatable bonds is 5. The van der Waals surface area contributed by atoms with Gasteiger partial charge >= 0.3 is 0 Å². The van der Waals surface area contributed by atoms with Crippen molar-refractivity contribution in [3.8, 4) is 0 Å². The monoisotopic (exact) mass is 223 g/mol. The highest BCUT2D eigenvalue weighted by Crippen LogP contribution is 2.30. The Morgan fingerprint density at radius 2 is 2.27 bits per heavy atom. The Kier molecular flexibility index (Phi) is 3.54. The van der Waals surface area contributed by atoms with Crippen LogP contribution in [-0.4, -0.2) is 12.5 Å². The fraction of sp³-hybridized carbons (Fsp3) is 0.500. The fourth-order valence-electron chi connectivity index (χ4n) is 1.40. The highest BCUT2D eigenvalue weighted by molar-refractivity contribution is 7.99. The standard InChI is InChI=1S/C12H17NOS/c1-9-2-5-12(11(13)6-9)15-8-14-7-10-3-4-10/h2,5-6,10H,3-4,7-8,13H2,1H3. The Hall–Kier alpha value is -0.670. The first kappa shape index (κ1) is 10.8. The molecule has 0 saturated heterocycles. The summed E-state index contributed by atoms with van der Waals surface area (Å²) in [6.45, 7) is 2.97. The van der Waals surface area contributed by atoms with Gasteiger partial charge in [0.1, 0.15) is 0 Å². The molecule has 2 N–H and O–H groups in total. The van der Waals surface area contributed by atoms with Gasteiger partial charge < -0.3 is 10.5 Å². The van der Waals surface area contributed by atoms with E-state index >= 15 is 0 Å². The number of hydrogen-bond donors (Lipinski definition) is 1. The van der Waals surface area contributed by atoms with E-state index in [1.54, 1.807) is 11.8 Å². The molecule has 0 atom stereocenters. The zero-order valence-electron chi connectivity index (χ0n) is 9.03. The molecule has 3 heteroatoms. The van der Waals surface area contributed by atoms with Crippen molar-refractivity contribution in [3.63, 3.8) is 0 Å². The summed E-state index contributed by atoms with van der Waals surface area (Å²) in [4.78, 5) is 1.12. The Bertz CT molecular complexity index is 336. The summed E-state index contributed by atoms with van der Waals surface area (Å²) >= 11 is 1.68. The zero-order valence-corrected chi connectivity index (χ0v) is 9.85. The Labute approximate surface area is 95.2 Å². The number of benzene rings is 1. The average molecular weight is 223 g/mol. The second kappa shape index (κ2) is 4.90. The van der Waals surface area contributed by atoms with E-state index in [1.165, 1.54) is 18.4 Å². The summed E-state index contributed by atoms with van der Waals surface area (Å²) in [5.74, 6) is 1.55. The lowest BCUT2D eigenvalue weighted by molar-refractivity contribution is 0.171. The molecule has 1 aromatic carbocycles. The molecule has 1 aromatic rings. The van der Waals surface area contributed by atoms with E-state index in [0.717, 1.165) is 23.1 Å². The van der Waals surface area contributed by atoms with Crippen LogP contribution in [0.1, 0.15) is 18.4 Å². The van der Waals surface area contributed by atoms with Gasteiger partial charge in [-0.3, -0.25) is 0 Å². The third-order valence-electron chi connectivity index (χ3n) is 2.51. The van der Waals surface area contributed by atoms with Crippen LogP contribution < -0.4 is 5.73 Å². The number of thioether (sulfide) groups is 1. The van der Waals surface area contributed by atoms with Gasteiger partial charge in [0.15, 0.2) is 0 Å². The number of nitrogen functional groups attached to an aromatic ring is 1. The van der Waals surface area contributed by atoms with Gasteiger partial charge in [-0.25, -0.2) is 0 Å². The molecule has 1 fully saturated rings. The molecule has 15 heavy (non-hydrogen) atoms. The van der Waals surface area contributed by atoms with Gasteiger partial charge in [0.2, 0.25) is 0 Å². The highest BCUT2D eigenvalue weighted by Gasteiger charge is 2.20. The molecule has 2 rings (SSSR count). The van der Waals surface area contributed by atoms with Gasteiger partial charge in [-0.1, -0.05) is 17.8 Å². The molecule has 1 saturated carbocycles. The molecule has 0 amide bonds. The van der Waals surface area contributed by atoms with E-state index in [4.69, 9.17) is 10.5 Å². The van der Waals surface area contributed by atoms with E-state index in [-0.39, 0.29) is 0 Å². The molecule has 0 heterocycles.